The topological polar surface area (TPSA) is 68.2 Å². The van der Waals surface area contributed by atoms with Crippen LogP contribution in [0.1, 0.15) is 38.9 Å². The average molecular weight is 252 g/mol. The fourth-order valence-corrected chi connectivity index (χ4v) is 2.42. The van der Waals surface area contributed by atoms with Crippen LogP contribution in [0.15, 0.2) is 4.52 Å². The van der Waals surface area contributed by atoms with Gasteiger partial charge < -0.3 is 10.3 Å². The Kier molecular flexibility index (Phi) is 4.35. The highest BCUT2D eigenvalue weighted by atomic mass is 16.5. The molecule has 2 atom stereocenters. The molecule has 0 spiro atoms. The van der Waals surface area contributed by atoms with E-state index in [2.05, 4.69) is 35.8 Å². The first-order chi connectivity index (χ1) is 8.54. The molecule has 102 valence electrons. The fourth-order valence-electron chi connectivity index (χ4n) is 2.42. The zero-order valence-corrected chi connectivity index (χ0v) is 11.6. The van der Waals surface area contributed by atoms with Gasteiger partial charge in [0.05, 0.1) is 6.54 Å². The first-order valence-electron chi connectivity index (χ1n) is 6.84. The summed E-state index contributed by atoms with van der Waals surface area (Å²) in [4.78, 5) is 6.79. The predicted molar refractivity (Wildman–Crippen MR) is 69.9 cm³/mol. The molecule has 0 amide bonds. The summed E-state index contributed by atoms with van der Waals surface area (Å²) >= 11 is 0. The lowest BCUT2D eigenvalue weighted by atomic mass is 10.0. The van der Waals surface area contributed by atoms with Gasteiger partial charge in [0, 0.05) is 19.0 Å². The Morgan fingerprint density at radius 2 is 2.22 bits per heavy atom. The largest absolute Gasteiger partial charge is 0.339 e. The zero-order chi connectivity index (χ0) is 13.1. The SMILES string of the molecule is CC(C)Cc1nc(CN2CCC(C(C)N)C2)no1. The van der Waals surface area contributed by atoms with E-state index in [0.29, 0.717) is 11.8 Å². The summed E-state index contributed by atoms with van der Waals surface area (Å²) in [6.07, 6.45) is 2.03. The third-order valence-electron chi connectivity index (χ3n) is 3.51. The molecule has 1 fully saturated rings. The molecule has 0 saturated carbocycles. The summed E-state index contributed by atoms with van der Waals surface area (Å²) in [5.41, 5.74) is 5.94. The van der Waals surface area contributed by atoms with Crippen LogP contribution < -0.4 is 5.73 Å². The van der Waals surface area contributed by atoms with Gasteiger partial charge in [-0.2, -0.15) is 4.98 Å². The number of hydrogen-bond acceptors (Lipinski definition) is 5. The van der Waals surface area contributed by atoms with E-state index in [0.717, 1.165) is 37.8 Å². The van der Waals surface area contributed by atoms with Crippen molar-refractivity contribution < 1.29 is 4.52 Å². The van der Waals surface area contributed by atoms with Crippen LogP contribution in [0.3, 0.4) is 0 Å². The van der Waals surface area contributed by atoms with Crippen molar-refractivity contribution in [3.63, 3.8) is 0 Å². The normalized spacial score (nSPS) is 22.8. The second-order valence-electron chi connectivity index (χ2n) is 5.85. The van der Waals surface area contributed by atoms with E-state index >= 15 is 0 Å². The zero-order valence-electron chi connectivity index (χ0n) is 11.6. The number of rotatable bonds is 5. The van der Waals surface area contributed by atoms with Crippen molar-refractivity contribution in [2.24, 2.45) is 17.6 Å². The number of likely N-dealkylation sites (tertiary alicyclic amines) is 1. The van der Waals surface area contributed by atoms with Crippen LogP contribution in [0.4, 0.5) is 0 Å². The van der Waals surface area contributed by atoms with Crippen molar-refractivity contribution in [3.8, 4) is 0 Å². The van der Waals surface area contributed by atoms with Crippen LogP contribution in [0.25, 0.3) is 0 Å². The van der Waals surface area contributed by atoms with E-state index in [1.165, 1.54) is 6.42 Å². The summed E-state index contributed by atoms with van der Waals surface area (Å²) in [5, 5.41) is 4.04. The number of nitrogens with zero attached hydrogens (tertiary/aromatic N) is 3. The van der Waals surface area contributed by atoms with E-state index in [1.807, 2.05) is 0 Å². The molecule has 2 N–H and O–H groups in total. The maximum Gasteiger partial charge on any atom is 0.226 e. The Morgan fingerprint density at radius 3 is 2.83 bits per heavy atom. The number of hydrogen-bond donors (Lipinski definition) is 1. The highest BCUT2D eigenvalue weighted by Gasteiger charge is 2.26. The Labute approximate surface area is 109 Å². The van der Waals surface area contributed by atoms with Crippen LogP contribution in [0.5, 0.6) is 0 Å². The van der Waals surface area contributed by atoms with E-state index in [-0.39, 0.29) is 6.04 Å². The van der Waals surface area contributed by atoms with Gasteiger partial charge in [-0.1, -0.05) is 19.0 Å². The molecule has 2 unspecified atom stereocenters. The van der Waals surface area contributed by atoms with Crippen molar-refractivity contribution in [1.29, 1.82) is 0 Å². The predicted octanol–water partition coefficient (Wildman–Crippen LogP) is 1.44. The van der Waals surface area contributed by atoms with E-state index in [9.17, 15) is 0 Å². The Bertz CT molecular complexity index is 375. The van der Waals surface area contributed by atoms with E-state index < -0.39 is 0 Å². The molecule has 0 aliphatic carbocycles. The molecule has 18 heavy (non-hydrogen) atoms. The molecular formula is C13H24N4O. The van der Waals surface area contributed by atoms with Gasteiger partial charge in [-0.25, -0.2) is 0 Å². The number of aromatic nitrogens is 2. The summed E-state index contributed by atoms with van der Waals surface area (Å²) in [6.45, 7) is 9.30. The van der Waals surface area contributed by atoms with Gasteiger partial charge in [0.15, 0.2) is 5.82 Å². The molecule has 1 aromatic heterocycles. The average Bonchev–Trinajstić information content (AvgIpc) is 2.88. The molecule has 1 aliphatic rings. The lowest BCUT2D eigenvalue weighted by Gasteiger charge is -2.15. The van der Waals surface area contributed by atoms with Crippen molar-refractivity contribution in [1.82, 2.24) is 15.0 Å². The second kappa shape index (κ2) is 5.80. The van der Waals surface area contributed by atoms with Gasteiger partial charge in [0.25, 0.3) is 0 Å². The van der Waals surface area contributed by atoms with Crippen molar-refractivity contribution >= 4 is 0 Å². The quantitative estimate of drug-likeness (QED) is 0.858. The Hall–Kier alpha value is -0.940. The van der Waals surface area contributed by atoms with E-state index in [4.69, 9.17) is 10.3 Å². The molecule has 2 heterocycles. The van der Waals surface area contributed by atoms with Crippen LogP contribution in [0.2, 0.25) is 0 Å². The van der Waals surface area contributed by atoms with Crippen LogP contribution in [-0.2, 0) is 13.0 Å². The minimum Gasteiger partial charge on any atom is -0.339 e. The molecule has 5 nitrogen and oxygen atoms in total. The third-order valence-corrected chi connectivity index (χ3v) is 3.51. The summed E-state index contributed by atoms with van der Waals surface area (Å²) < 4.78 is 5.25. The van der Waals surface area contributed by atoms with Gasteiger partial charge in [-0.15, -0.1) is 0 Å². The molecule has 0 aromatic carbocycles. The molecule has 1 aromatic rings. The lowest BCUT2D eigenvalue weighted by molar-refractivity contribution is 0.291. The molecular weight excluding hydrogens is 228 g/mol. The molecule has 2 rings (SSSR count). The van der Waals surface area contributed by atoms with Gasteiger partial charge in [-0.05, 0) is 31.7 Å². The molecule has 5 heteroatoms. The Balaban J connectivity index is 1.85. The van der Waals surface area contributed by atoms with Crippen molar-refractivity contribution in [2.45, 2.75) is 46.2 Å². The highest BCUT2D eigenvalue weighted by molar-refractivity contribution is 4.90. The van der Waals surface area contributed by atoms with Gasteiger partial charge in [0.2, 0.25) is 5.89 Å². The van der Waals surface area contributed by atoms with Crippen LogP contribution in [-0.4, -0.2) is 34.2 Å². The monoisotopic (exact) mass is 252 g/mol. The first kappa shape index (κ1) is 13.5. The fraction of sp³-hybridized carbons (Fsp3) is 0.846. The second-order valence-corrected chi connectivity index (χ2v) is 5.85. The molecule has 1 saturated heterocycles. The van der Waals surface area contributed by atoms with Gasteiger partial charge in [-0.3, -0.25) is 4.90 Å². The van der Waals surface area contributed by atoms with Gasteiger partial charge in [0.1, 0.15) is 0 Å². The molecule has 0 bridgehead atoms. The van der Waals surface area contributed by atoms with Crippen LogP contribution >= 0.6 is 0 Å². The third kappa shape index (κ3) is 3.53. The molecule has 0 radical (unpaired) electrons. The maximum absolute atomic E-state index is 5.94. The minimum atomic E-state index is 0.275. The van der Waals surface area contributed by atoms with Crippen molar-refractivity contribution in [3.05, 3.63) is 11.7 Å². The smallest absolute Gasteiger partial charge is 0.226 e. The highest BCUT2D eigenvalue weighted by Crippen LogP contribution is 2.20. The van der Waals surface area contributed by atoms with Crippen LogP contribution in [0, 0.1) is 11.8 Å². The number of nitrogens with two attached hydrogens (primary N) is 1. The summed E-state index contributed by atoms with van der Waals surface area (Å²) in [7, 11) is 0. The maximum atomic E-state index is 5.94. The Morgan fingerprint density at radius 1 is 1.44 bits per heavy atom. The van der Waals surface area contributed by atoms with E-state index in [1.54, 1.807) is 0 Å². The van der Waals surface area contributed by atoms with Crippen molar-refractivity contribution in [2.75, 3.05) is 13.1 Å². The summed E-state index contributed by atoms with van der Waals surface area (Å²) in [6, 6.07) is 0.275. The van der Waals surface area contributed by atoms with Gasteiger partial charge >= 0.3 is 0 Å². The standard InChI is InChI=1S/C13H24N4O/c1-9(2)6-13-15-12(16-18-13)8-17-5-4-11(7-17)10(3)14/h9-11H,4-8,14H2,1-3H3. The first-order valence-corrected chi connectivity index (χ1v) is 6.84. The lowest BCUT2D eigenvalue weighted by Crippen LogP contribution is -2.29. The molecule has 1 aliphatic heterocycles. The summed E-state index contributed by atoms with van der Waals surface area (Å²) in [5.74, 6) is 2.71. The minimum absolute atomic E-state index is 0.275.